The molecule has 2 aliphatic rings. The van der Waals surface area contributed by atoms with Gasteiger partial charge in [0.2, 0.25) is 0 Å². The molecule has 0 aliphatic heterocycles. The van der Waals surface area contributed by atoms with E-state index in [-0.39, 0.29) is 0 Å². The molecular formula is C45H54N2. The van der Waals surface area contributed by atoms with E-state index in [1.807, 2.05) is 55.4 Å². The summed E-state index contributed by atoms with van der Waals surface area (Å²) >= 11 is 0. The smallest absolute Gasteiger partial charge is 0.0462 e. The van der Waals surface area contributed by atoms with Crippen molar-refractivity contribution in [1.82, 2.24) is 0 Å². The van der Waals surface area contributed by atoms with Gasteiger partial charge in [0.25, 0.3) is 0 Å². The van der Waals surface area contributed by atoms with Gasteiger partial charge < -0.3 is 9.80 Å². The molecule has 2 heteroatoms. The molecule has 0 aromatic heterocycles. The zero-order valence-electron chi connectivity index (χ0n) is 29.8. The first-order chi connectivity index (χ1) is 23.4. The van der Waals surface area contributed by atoms with Gasteiger partial charge in [0, 0.05) is 40.1 Å². The summed E-state index contributed by atoms with van der Waals surface area (Å²) in [5.41, 5.74) is 10.0. The highest BCUT2D eigenvalue weighted by atomic mass is 15.2. The summed E-state index contributed by atoms with van der Waals surface area (Å²) in [7, 11) is 0. The van der Waals surface area contributed by atoms with Crippen LogP contribution in [0, 0.1) is 11.8 Å². The van der Waals surface area contributed by atoms with Crippen molar-refractivity contribution in [3.05, 3.63) is 169 Å². The Bertz CT molecular complexity index is 1530. The first kappa shape index (κ1) is 36.6. The van der Waals surface area contributed by atoms with Gasteiger partial charge in [-0.2, -0.15) is 0 Å². The highest BCUT2D eigenvalue weighted by molar-refractivity contribution is 5.81. The van der Waals surface area contributed by atoms with Gasteiger partial charge in [-0.05, 0) is 90.2 Å². The Morgan fingerprint density at radius 1 is 0.362 bits per heavy atom. The van der Waals surface area contributed by atoms with Crippen molar-refractivity contribution < 1.29 is 0 Å². The van der Waals surface area contributed by atoms with Gasteiger partial charge in [0.05, 0.1) is 0 Å². The molecule has 0 N–H and O–H groups in total. The first-order valence-corrected chi connectivity index (χ1v) is 17.7. The molecule has 2 nitrogen and oxygen atoms in total. The van der Waals surface area contributed by atoms with Crippen LogP contribution in [0.5, 0.6) is 0 Å². The molecule has 0 heterocycles. The lowest BCUT2D eigenvalue weighted by molar-refractivity contribution is 0.881. The molecule has 0 bridgehead atoms. The molecule has 1 fully saturated rings. The standard InChI is InChI=1S/C37H30N2.4C2H6/c1-5-13-29(14-6-1)38(30-15-7-2-8-16-30)33-23-21-28(22-24-33)34-25-26-37(36-27-35(34)36)39(31-17-9-3-10-18-31)32-19-11-4-12-20-32;4*1-2/h1-26,35-36H,27H2;4*1-2H3. The highest BCUT2D eigenvalue weighted by Gasteiger charge is 2.46. The van der Waals surface area contributed by atoms with E-state index in [9.17, 15) is 0 Å². The predicted octanol–water partition coefficient (Wildman–Crippen LogP) is 14.0. The summed E-state index contributed by atoms with van der Waals surface area (Å²) in [6.45, 7) is 16.0. The molecule has 2 unspecified atom stereocenters. The number of para-hydroxylation sites is 4. The van der Waals surface area contributed by atoms with Crippen LogP contribution >= 0.6 is 0 Å². The second-order valence-corrected chi connectivity index (χ2v) is 10.2. The number of hydrogen-bond acceptors (Lipinski definition) is 2. The number of nitrogens with zero attached hydrogens (tertiary/aromatic N) is 2. The van der Waals surface area contributed by atoms with Crippen molar-refractivity contribution in [2.75, 3.05) is 9.80 Å². The van der Waals surface area contributed by atoms with Crippen LogP contribution in [0.2, 0.25) is 0 Å². The molecule has 2 atom stereocenters. The van der Waals surface area contributed by atoms with E-state index >= 15 is 0 Å². The fourth-order valence-corrected chi connectivity index (χ4v) is 5.84. The molecule has 0 saturated heterocycles. The monoisotopic (exact) mass is 622 g/mol. The van der Waals surface area contributed by atoms with Crippen molar-refractivity contribution in [1.29, 1.82) is 0 Å². The molecule has 244 valence electrons. The quantitative estimate of drug-likeness (QED) is 0.178. The second kappa shape index (κ2) is 19.6. The minimum absolute atomic E-state index is 0.537. The second-order valence-electron chi connectivity index (χ2n) is 10.2. The minimum Gasteiger partial charge on any atom is -0.314 e. The van der Waals surface area contributed by atoms with Gasteiger partial charge in [-0.3, -0.25) is 0 Å². The molecule has 0 amide bonds. The zero-order valence-corrected chi connectivity index (χ0v) is 29.8. The summed E-state index contributed by atoms with van der Waals surface area (Å²) in [5, 5.41) is 0. The van der Waals surface area contributed by atoms with Crippen LogP contribution in [0.3, 0.4) is 0 Å². The van der Waals surface area contributed by atoms with E-state index in [1.165, 1.54) is 34.6 Å². The van der Waals surface area contributed by atoms with E-state index in [0.717, 1.165) is 17.1 Å². The van der Waals surface area contributed by atoms with Gasteiger partial charge in [-0.25, -0.2) is 0 Å². The molecule has 0 spiro atoms. The number of anilines is 5. The van der Waals surface area contributed by atoms with E-state index in [2.05, 4.69) is 168 Å². The fraction of sp³-hybridized carbons (Fsp3) is 0.244. The number of fused-ring (bicyclic) bond motifs is 1. The molecule has 2 aliphatic carbocycles. The van der Waals surface area contributed by atoms with Crippen LogP contribution in [0.25, 0.3) is 5.57 Å². The van der Waals surface area contributed by atoms with Crippen LogP contribution in [0.15, 0.2) is 163 Å². The Kier molecular flexibility index (Phi) is 15.3. The lowest BCUT2D eigenvalue weighted by Gasteiger charge is -2.30. The maximum Gasteiger partial charge on any atom is 0.0462 e. The van der Waals surface area contributed by atoms with Crippen LogP contribution in [-0.4, -0.2) is 0 Å². The molecule has 1 saturated carbocycles. The van der Waals surface area contributed by atoms with E-state index in [1.54, 1.807) is 0 Å². The van der Waals surface area contributed by atoms with Crippen LogP contribution in [-0.2, 0) is 0 Å². The SMILES string of the molecule is C1=C(c2ccc(N(c3ccccc3)c3ccccc3)cc2)C2CC2C(N(c2ccccc2)c2ccccc2)=C1.CC.CC.CC.CC. The molecule has 0 radical (unpaired) electrons. The average molecular weight is 623 g/mol. The Morgan fingerprint density at radius 3 is 1.09 bits per heavy atom. The topological polar surface area (TPSA) is 6.48 Å². The van der Waals surface area contributed by atoms with E-state index in [4.69, 9.17) is 0 Å². The largest absolute Gasteiger partial charge is 0.314 e. The van der Waals surface area contributed by atoms with Gasteiger partial charge in [0.1, 0.15) is 0 Å². The third-order valence-electron chi connectivity index (χ3n) is 7.78. The summed E-state index contributed by atoms with van der Waals surface area (Å²) in [6, 6.07) is 51.7. The molecule has 47 heavy (non-hydrogen) atoms. The van der Waals surface area contributed by atoms with Gasteiger partial charge in [-0.1, -0.05) is 146 Å². The Hall–Kier alpha value is -4.82. The van der Waals surface area contributed by atoms with Crippen LogP contribution < -0.4 is 9.80 Å². The maximum atomic E-state index is 2.43. The van der Waals surface area contributed by atoms with Crippen molar-refractivity contribution >= 4 is 34.0 Å². The lowest BCUT2D eigenvalue weighted by Crippen LogP contribution is -2.19. The zero-order chi connectivity index (χ0) is 34.0. The van der Waals surface area contributed by atoms with Crippen LogP contribution in [0.4, 0.5) is 28.4 Å². The molecule has 7 rings (SSSR count). The third kappa shape index (κ3) is 8.92. The van der Waals surface area contributed by atoms with Gasteiger partial charge in [-0.15, -0.1) is 0 Å². The Balaban J connectivity index is 0.000000700. The van der Waals surface area contributed by atoms with Crippen molar-refractivity contribution in [3.63, 3.8) is 0 Å². The van der Waals surface area contributed by atoms with E-state index < -0.39 is 0 Å². The first-order valence-electron chi connectivity index (χ1n) is 17.7. The van der Waals surface area contributed by atoms with Crippen molar-refractivity contribution in [2.24, 2.45) is 11.8 Å². The maximum absolute atomic E-state index is 2.43. The number of allylic oxidation sites excluding steroid dienone is 4. The number of hydrogen-bond donors (Lipinski definition) is 0. The minimum atomic E-state index is 0.537. The van der Waals surface area contributed by atoms with Gasteiger partial charge >= 0.3 is 0 Å². The molecule has 5 aromatic carbocycles. The Labute approximate surface area is 285 Å². The average Bonchev–Trinajstić information content (AvgIpc) is 3.99. The number of benzene rings is 5. The molecular weight excluding hydrogens is 569 g/mol. The summed E-state index contributed by atoms with van der Waals surface area (Å²) < 4.78 is 0. The summed E-state index contributed by atoms with van der Waals surface area (Å²) in [4.78, 5) is 4.74. The molecule has 5 aromatic rings. The predicted molar refractivity (Wildman–Crippen MR) is 209 cm³/mol. The van der Waals surface area contributed by atoms with Crippen molar-refractivity contribution in [2.45, 2.75) is 61.8 Å². The summed E-state index contributed by atoms with van der Waals surface area (Å²) in [6.07, 6.45) is 5.89. The van der Waals surface area contributed by atoms with Crippen LogP contribution in [0.1, 0.15) is 67.4 Å². The summed E-state index contributed by atoms with van der Waals surface area (Å²) in [5.74, 6) is 1.10. The Morgan fingerprint density at radius 2 is 0.702 bits per heavy atom. The van der Waals surface area contributed by atoms with E-state index in [0.29, 0.717) is 11.8 Å². The number of rotatable bonds is 7. The van der Waals surface area contributed by atoms with Gasteiger partial charge in [0.15, 0.2) is 0 Å². The van der Waals surface area contributed by atoms with Crippen molar-refractivity contribution in [3.8, 4) is 0 Å². The fourth-order valence-electron chi connectivity index (χ4n) is 5.84. The lowest BCUT2D eigenvalue weighted by atomic mass is 9.94. The normalized spacial score (nSPS) is 15.0. The third-order valence-corrected chi connectivity index (χ3v) is 7.78. The highest BCUT2D eigenvalue weighted by Crippen LogP contribution is 2.56.